The van der Waals surface area contributed by atoms with Crippen LogP contribution in [-0.4, -0.2) is 20.6 Å². The number of nitrogens with one attached hydrogen (secondary N) is 1. The molecule has 0 bridgehead atoms. The van der Waals surface area contributed by atoms with E-state index in [2.05, 4.69) is 4.72 Å². The number of anilines is 1. The molecule has 0 aliphatic carbocycles. The molecule has 0 aromatic heterocycles. The number of aliphatic hydroxyl groups excluding tert-OH is 1. The Morgan fingerprint density at radius 1 is 1.24 bits per heavy atom. The second-order valence-electron chi connectivity index (χ2n) is 4.26. The van der Waals surface area contributed by atoms with Gasteiger partial charge in [0.2, 0.25) is 0 Å². The second kappa shape index (κ2) is 6.11. The van der Waals surface area contributed by atoms with E-state index in [1.807, 2.05) is 0 Å². The largest absolute Gasteiger partial charge is 0.497 e. The minimum atomic E-state index is -4.06. The molecular weight excluding hydrogens is 297 g/mol. The molecule has 0 saturated carbocycles. The highest BCUT2D eigenvalue weighted by molar-refractivity contribution is 7.92. The Morgan fingerprint density at radius 3 is 2.62 bits per heavy atom. The Morgan fingerprint density at radius 2 is 2.00 bits per heavy atom. The summed E-state index contributed by atoms with van der Waals surface area (Å²) in [6.07, 6.45) is 0. The van der Waals surface area contributed by atoms with Gasteiger partial charge in [-0.25, -0.2) is 12.8 Å². The van der Waals surface area contributed by atoms with Gasteiger partial charge in [0.15, 0.2) is 0 Å². The van der Waals surface area contributed by atoms with Gasteiger partial charge in [-0.15, -0.1) is 0 Å². The lowest BCUT2D eigenvalue weighted by Crippen LogP contribution is -2.14. The maximum atomic E-state index is 13.8. The third kappa shape index (κ3) is 3.50. The van der Waals surface area contributed by atoms with Crippen molar-refractivity contribution in [3.05, 3.63) is 53.8 Å². The molecule has 2 N–H and O–H groups in total. The molecule has 0 radical (unpaired) electrons. The van der Waals surface area contributed by atoms with Crippen LogP contribution in [0.4, 0.5) is 10.1 Å². The lowest BCUT2D eigenvalue weighted by molar-refractivity contribution is 0.281. The molecule has 0 saturated heterocycles. The monoisotopic (exact) mass is 311 g/mol. The average Bonchev–Trinajstić information content (AvgIpc) is 2.46. The average molecular weight is 311 g/mol. The van der Waals surface area contributed by atoms with Crippen molar-refractivity contribution < 1.29 is 22.7 Å². The highest BCUT2D eigenvalue weighted by Gasteiger charge is 2.19. The van der Waals surface area contributed by atoms with Crippen LogP contribution in [0.1, 0.15) is 5.56 Å². The van der Waals surface area contributed by atoms with Crippen LogP contribution < -0.4 is 9.46 Å². The summed E-state index contributed by atoms with van der Waals surface area (Å²) in [4.78, 5) is -0.484. The van der Waals surface area contributed by atoms with Crippen LogP contribution in [0.25, 0.3) is 0 Å². The molecule has 2 rings (SSSR count). The number of rotatable bonds is 5. The number of hydrogen-bond donors (Lipinski definition) is 2. The number of hydrogen-bond acceptors (Lipinski definition) is 4. The summed E-state index contributed by atoms with van der Waals surface area (Å²) in [6, 6.07) is 9.74. The molecule has 0 atom stereocenters. The van der Waals surface area contributed by atoms with E-state index in [4.69, 9.17) is 9.84 Å². The lowest BCUT2D eigenvalue weighted by atomic mass is 10.2. The number of benzene rings is 2. The normalized spacial score (nSPS) is 11.2. The molecule has 0 fully saturated rings. The SMILES string of the molecule is COc1cccc(NS(=O)(=O)c2ccc(CO)cc2F)c1. The fourth-order valence-corrected chi connectivity index (χ4v) is 2.87. The first-order valence-electron chi connectivity index (χ1n) is 6.02. The van der Waals surface area contributed by atoms with Crippen LogP contribution in [0.3, 0.4) is 0 Å². The number of aliphatic hydroxyl groups is 1. The predicted octanol–water partition coefficient (Wildman–Crippen LogP) is 2.13. The van der Waals surface area contributed by atoms with Crippen molar-refractivity contribution in [3.8, 4) is 5.75 Å². The van der Waals surface area contributed by atoms with E-state index in [-0.39, 0.29) is 12.3 Å². The molecule has 0 unspecified atom stereocenters. The Bertz CT molecular complexity index is 746. The first-order chi connectivity index (χ1) is 9.96. The summed E-state index contributed by atoms with van der Waals surface area (Å²) in [7, 11) is -2.60. The summed E-state index contributed by atoms with van der Waals surface area (Å²) in [5.41, 5.74) is 0.563. The van der Waals surface area contributed by atoms with E-state index in [0.717, 1.165) is 12.1 Å². The van der Waals surface area contributed by atoms with Crippen molar-refractivity contribution in [1.82, 2.24) is 0 Å². The smallest absolute Gasteiger partial charge is 0.264 e. The van der Waals surface area contributed by atoms with Gasteiger partial charge < -0.3 is 9.84 Å². The first-order valence-corrected chi connectivity index (χ1v) is 7.51. The molecule has 0 spiro atoms. The van der Waals surface area contributed by atoms with Gasteiger partial charge in [0.1, 0.15) is 16.5 Å². The third-order valence-electron chi connectivity index (χ3n) is 2.79. The second-order valence-corrected chi connectivity index (χ2v) is 5.91. The fraction of sp³-hybridized carbons (Fsp3) is 0.143. The molecular formula is C14H14FNO4S. The van der Waals surface area contributed by atoms with Gasteiger partial charge in [-0.3, -0.25) is 4.72 Å². The summed E-state index contributed by atoms with van der Waals surface area (Å²) >= 11 is 0. The van der Waals surface area contributed by atoms with Gasteiger partial charge in [-0.2, -0.15) is 0 Å². The third-order valence-corrected chi connectivity index (χ3v) is 4.20. The zero-order valence-electron chi connectivity index (χ0n) is 11.2. The lowest BCUT2D eigenvalue weighted by Gasteiger charge is -2.10. The Balaban J connectivity index is 2.33. The van der Waals surface area contributed by atoms with Gasteiger partial charge in [0.05, 0.1) is 19.4 Å². The molecule has 7 heteroatoms. The van der Waals surface area contributed by atoms with Crippen LogP contribution in [-0.2, 0) is 16.6 Å². The van der Waals surface area contributed by atoms with Gasteiger partial charge in [0, 0.05) is 6.07 Å². The number of sulfonamides is 1. The van der Waals surface area contributed by atoms with E-state index in [1.54, 1.807) is 12.1 Å². The highest BCUT2D eigenvalue weighted by atomic mass is 32.2. The molecule has 0 aliphatic heterocycles. The number of halogens is 1. The van der Waals surface area contributed by atoms with Gasteiger partial charge in [-0.1, -0.05) is 12.1 Å². The standard InChI is InChI=1S/C14H14FNO4S/c1-20-12-4-2-3-11(8-12)16-21(18,19)14-6-5-10(9-17)7-13(14)15/h2-8,16-17H,9H2,1H3. The molecule has 2 aromatic rings. The van der Waals surface area contributed by atoms with Gasteiger partial charge >= 0.3 is 0 Å². The molecule has 0 aliphatic rings. The fourth-order valence-electron chi connectivity index (χ4n) is 1.76. The van der Waals surface area contributed by atoms with Crippen molar-refractivity contribution in [2.75, 3.05) is 11.8 Å². The summed E-state index contributed by atoms with van der Waals surface area (Å²) in [5, 5.41) is 8.90. The van der Waals surface area contributed by atoms with Crippen LogP contribution >= 0.6 is 0 Å². The molecule has 5 nitrogen and oxygen atoms in total. The van der Waals surface area contributed by atoms with Crippen molar-refractivity contribution >= 4 is 15.7 Å². The van der Waals surface area contributed by atoms with E-state index in [1.165, 1.54) is 25.3 Å². The minimum absolute atomic E-state index is 0.264. The molecule has 0 amide bonds. The van der Waals surface area contributed by atoms with Crippen LogP contribution in [0, 0.1) is 5.82 Å². The summed E-state index contributed by atoms with van der Waals surface area (Å²) in [6.45, 7) is -0.361. The molecule has 2 aromatic carbocycles. The van der Waals surface area contributed by atoms with Crippen molar-refractivity contribution in [3.63, 3.8) is 0 Å². The van der Waals surface area contributed by atoms with E-state index in [9.17, 15) is 12.8 Å². The van der Waals surface area contributed by atoms with Crippen LogP contribution in [0.15, 0.2) is 47.4 Å². The van der Waals surface area contributed by atoms with Crippen molar-refractivity contribution in [2.45, 2.75) is 11.5 Å². The van der Waals surface area contributed by atoms with Crippen molar-refractivity contribution in [1.29, 1.82) is 0 Å². The van der Waals surface area contributed by atoms with Gasteiger partial charge in [0.25, 0.3) is 10.0 Å². The predicted molar refractivity (Wildman–Crippen MR) is 76.1 cm³/mol. The Labute approximate surface area is 122 Å². The zero-order valence-corrected chi connectivity index (χ0v) is 12.0. The van der Waals surface area contributed by atoms with Crippen LogP contribution in [0.5, 0.6) is 5.75 Å². The zero-order chi connectivity index (χ0) is 15.5. The van der Waals surface area contributed by atoms with E-state index < -0.39 is 20.7 Å². The van der Waals surface area contributed by atoms with E-state index in [0.29, 0.717) is 11.3 Å². The van der Waals surface area contributed by atoms with Gasteiger partial charge in [-0.05, 0) is 29.8 Å². The maximum absolute atomic E-state index is 13.8. The van der Waals surface area contributed by atoms with Crippen molar-refractivity contribution in [2.24, 2.45) is 0 Å². The summed E-state index contributed by atoms with van der Waals surface area (Å²) in [5.74, 6) is -0.441. The quantitative estimate of drug-likeness (QED) is 0.887. The number of ether oxygens (including phenoxy) is 1. The molecule has 112 valence electrons. The van der Waals surface area contributed by atoms with Crippen LogP contribution in [0.2, 0.25) is 0 Å². The molecule has 0 heterocycles. The first kappa shape index (κ1) is 15.3. The van der Waals surface area contributed by atoms with E-state index >= 15 is 0 Å². The highest BCUT2D eigenvalue weighted by Crippen LogP contribution is 2.22. The topological polar surface area (TPSA) is 75.6 Å². The Kier molecular flexibility index (Phi) is 4.44. The number of methoxy groups -OCH3 is 1. The Hall–Kier alpha value is -2.12. The summed E-state index contributed by atoms with van der Waals surface area (Å²) < 4.78 is 45.4. The maximum Gasteiger partial charge on any atom is 0.264 e. The minimum Gasteiger partial charge on any atom is -0.497 e. The molecule has 21 heavy (non-hydrogen) atoms.